The normalized spacial score (nSPS) is 12.4. The fraction of sp³-hybridized carbons (Fsp3) is 0.111. The summed E-state index contributed by atoms with van der Waals surface area (Å²) in [4.78, 5) is 10.9. The Kier molecular flexibility index (Phi) is 4.21. The molecule has 31 heavy (non-hydrogen) atoms. The van der Waals surface area contributed by atoms with E-state index in [9.17, 15) is 0 Å². The Morgan fingerprint density at radius 2 is 1.58 bits per heavy atom. The van der Waals surface area contributed by atoms with Crippen LogP contribution in [0.3, 0.4) is 0 Å². The van der Waals surface area contributed by atoms with Crippen molar-refractivity contribution in [3.05, 3.63) is 79.0 Å². The molecule has 3 heterocycles. The molecule has 0 saturated heterocycles. The second-order valence-electron chi connectivity index (χ2n) is 9.13. The van der Waals surface area contributed by atoms with Gasteiger partial charge in [0.1, 0.15) is 0 Å². The van der Waals surface area contributed by atoms with Gasteiger partial charge in [-0.25, -0.2) is 0 Å². The molecule has 0 amide bonds. The van der Waals surface area contributed by atoms with Gasteiger partial charge in [-0.05, 0) is 0 Å². The van der Waals surface area contributed by atoms with E-state index in [4.69, 9.17) is 4.98 Å². The predicted octanol–water partition coefficient (Wildman–Crippen LogP) is 7.36. The zero-order valence-electron chi connectivity index (χ0n) is 17.8. The first-order valence-electron chi connectivity index (χ1n) is 10.6. The molecule has 0 saturated carbocycles. The molecule has 3 aromatic heterocycles. The van der Waals surface area contributed by atoms with Gasteiger partial charge >= 0.3 is 188 Å². The fourth-order valence-corrected chi connectivity index (χ4v) is 9.06. The van der Waals surface area contributed by atoms with E-state index < -0.39 is 13.3 Å². The van der Waals surface area contributed by atoms with Crippen molar-refractivity contribution < 1.29 is 0 Å². The maximum atomic E-state index is 5.21. The molecular weight excluding hydrogens is 457 g/mol. The number of hydrogen-bond acceptors (Lipinski definition) is 3. The van der Waals surface area contributed by atoms with Crippen LogP contribution >= 0.6 is 11.3 Å². The van der Waals surface area contributed by atoms with E-state index in [2.05, 4.69) is 89.0 Å². The molecule has 0 bridgehead atoms. The third kappa shape index (κ3) is 2.99. The van der Waals surface area contributed by atoms with E-state index in [-0.39, 0.29) is 0 Å². The molecule has 4 heteroatoms. The monoisotopic (exact) mass is 480 g/mol. The van der Waals surface area contributed by atoms with Crippen LogP contribution in [0.2, 0.25) is 17.3 Å². The second-order valence-corrected chi connectivity index (χ2v) is 20.7. The third-order valence-corrected chi connectivity index (χ3v) is 11.4. The van der Waals surface area contributed by atoms with Crippen molar-refractivity contribution in [2.45, 2.75) is 17.3 Å². The van der Waals surface area contributed by atoms with Crippen molar-refractivity contribution in [3.63, 3.8) is 0 Å². The summed E-state index contributed by atoms with van der Waals surface area (Å²) < 4.78 is 2.80. The van der Waals surface area contributed by atoms with E-state index in [0.717, 1.165) is 16.0 Å². The van der Waals surface area contributed by atoms with Crippen LogP contribution < -0.4 is 4.40 Å². The molecule has 0 spiro atoms. The van der Waals surface area contributed by atoms with Crippen LogP contribution in [0.4, 0.5) is 0 Å². The van der Waals surface area contributed by atoms with Gasteiger partial charge in [-0.2, -0.15) is 0 Å². The van der Waals surface area contributed by atoms with Gasteiger partial charge < -0.3 is 0 Å². The quantitative estimate of drug-likeness (QED) is 0.192. The first-order valence-corrected chi connectivity index (χ1v) is 18.8. The summed E-state index contributed by atoms with van der Waals surface area (Å²) in [5.41, 5.74) is 3.39. The Morgan fingerprint density at radius 1 is 0.774 bits per heavy atom. The van der Waals surface area contributed by atoms with Gasteiger partial charge in [0.05, 0.1) is 0 Å². The average Bonchev–Trinajstić information content (AvgIpc) is 3.16. The summed E-state index contributed by atoms with van der Waals surface area (Å²) in [5, 5.41) is 6.45. The number of nitrogens with zero attached hydrogens (tertiary/aromatic N) is 2. The topological polar surface area (TPSA) is 25.8 Å². The van der Waals surface area contributed by atoms with Crippen LogP contribution in [0.25, 0.3) is 53.2 Å². The average molecular weight is 479 g/mol. The maximum absolute atomic E-state index is 5.21. The molecule has 0 N–H and O–H groups in total. The minimum absolute atomic E-state index is 1.08. The molecular formula is C27H22GeN2S. The molecule has 0 fully saturated rings. The number of benzene rings is 3. The van der Waals surface area contributed by atoms with Gasteiger partial charge in [-0.3, -0.25) is 0 Å². The van der Waals surface area contributed by atoms with Crippen LogP contribution in [0.1, 0.15) is 0 Å². The summed E-state index contributed by atoms with van der Waals surface area (Å²) in [6.07, 6.45) is 1.88. The number of hydrogen-bond donors (Lipinski definition) is 0. The molecule has 0 radical (unpaired) electrons. The van der Waals surface area contributed by atoms with Crippen molar-refractivity contribution in [1.29, 1.82) is 0 Å². The molecule has 0 aliphatic carbocycles. The van der Waals surface area contributed by atoms with E-state index in [0.29, 0.717) is 0 Å². The van der Waals surface area contributed by atoms with Gasteiger partial charge in [0.15, 0.2) is 0 Å². The first-order chi connectivity index (χ1) is 15.0. The van der Waals surface area contributed by atoms with Crippen molar-refractivity contribution in [1.82, 2.24) is 9.97 Å². The van der Waals surface area contributed by atoms with Crippen LogP contribution in [-0.2, 0) is 0 Å². The first kappa shape index (κ1) is 19.0. The number of fused-ring (bicyclic) bond motifs is 6. The summed E-state index contributed by atoms with van der Waals surface area (Å²) in [6.45, 7) is 0. The van der Waals surface area contributed by atoms with Crippen molar-refractivity contribution in [3.8, 4) is 11.3 Å². The predicted molar refractivity (Wildman–Crippen MR) is 138 cm³/mol. The summed E-state index contributed by atoms with van der Waals surface area (Å²) in [6, 6.07) is 26.3. The SMILES string of the molecule is [CH3][Ge]([CH3])([CH3])[c]1cc(-c2cccc3c2sc2ncccc23)nc2ccc3ccccc3c12. The molecule has 3 aromatic carbocycles. The zero-order chi connectivity index (χ0) is 21.2. The molecule has 2 nitrogen and oxygen atoms in total. The standard InChI is InChI=1S/C27H22GeN2S/c1-28(2,3)22-16-24(30-23-14-13-17-8-4-5-9-18(17)25(22)23)21-11-6-10-19-20-12-7-15-29-27(20)31-26(19)21/h4-16H,1-3H3. The molecule has 6 aromatic rings. The Morgan fingerprint density at radius 3 is 2.45 bits per heavy atom. The van der Waals surface area contributed by atoms with E-state index >= 15 is 0 Å². The van der Waals surface area contributed by atoms with Crippen molar-refractivity contribution in [2.24, 2.45) is 0 Å². The van der Waals surface area contributed by atoms with Gasteiger partial charge in [-0.1, -0.05) is 0 Å². The Balaban J connectivity index is 1.72. The molecule has 6 rings (SSSR count). The zero-order valence-corrected chi connectivity index (χ0v) is 20.7. The van der Waals surface area contributed by atoms with Crippen molar-refractivity contribution >= 4 is 71.0 Å². The Hall–Kier alpha value is -2.76. The molecule has 0 unspecified atom stereocenters. The molecule has 0 aliphatic rings. The van der Waals surface area contributed by atoms with Crippen LogP contribution in [0, 0.1) is 0 Å². The Bertz CT molecular complexity index is 1630. The van der Waals surface area contributed by atoms with E-state index in [1.807, 2.05) is 12.3 Å². The number of pyridine rings is 2. The molecule has 0 atom stereocenters. The fourth-order valence-electron chi connectivity index (χ4n) is 4.57. The number of aromatic nitrogens is 2. The van der Waals surface area contributed by atoms with Crippen LogP contribution in [0.15, 0.2) is 79.0 Å². The summed E-state index contributed by atoms with van der Waals surface area (Å²) >= 11 is -0.427. The van der Waals surface area contributed by atoms with Crippen molar-refractivity contribution in [2.75, 3.05) is 0 Å². The summed E-state index contributed by atoms with van der Waals surface area (Å²) in [7, 11) is 0. The molecule has 150 valence electrons. The van der Waals surface area contributed by atoms with Crippen LogP contribution in [0.5, 0.6) is 0 Å². The van der Waals surface area contributed by atoms with Gasteiger partial charge in [-0.15, -0.1) is 0 Å². The number of rotatable bonds is 2. The Labute approximate surface area is 187 Å². The second kappa shape index (κ2) is 6.87. The van der Waals surface area contributed by atoms with E-state index in [1.165, 1.54) is 41.6 Å². The molecule has 0 aliphatic heterocycles. The minimum atomic E-state index is -2.20. The van der Waals surface area contributed by atoms with Gasteiger partial charge in [0.25, 0.3) is 0 Å². The van der Waals surface area contributed by atoms with Gasteiger partial charge in [0.2, 0.25) is 0 Å². The van der Waals surface area contributed by atoms with E-state index in [1.54, 1.807) is 11.3 Å². The third-order valence-electron chi connectivity index (χ3n) is 6.06. The number of thiophene rings is 1. The van der Waals surface area contributed by atoms with Gasteiger partial charge in [0, 0.05) is 0 Å². The summed E-state index contributed by atoms with van der Waals surface area (Å²) in [5.74, 6) is 7.43. The van der Waals surface area contributed by atoms with Crippen LogP contribution in [-0.4, -0.2) is 23.2 Å².